The first-order valence-electron chi connectivity index (χ1n) is 18.8. The molecular formula is C42H51FN8O3. The van der Waals surface area contributed by atoms with Crippen LogP contribution in [0.4, 0.5) is 10.1 Å². The Morgan fingerprint density at radius 2 is 1.76 bits per heavy atom. The van der Waals surface area contributed by atoms with Crippen molar-refractivity contribution in [3.63, 3.8) is 0 Å². The predicted molar refractivity (Wildman–Crippen MR) is 211 cm³/mol. The Morgan fingerprint density at radius 3 is 2.50 bits per heavy atom. The number of carbonyl (C=O) groups excluding carboxylic acids is 2. The van der Waals surface area contributed by atoms with Crippen LogP contribution in [0.5, 0.6) is 0 Å². The Morgan fingerprint density at radius 1 is 0.981 bits per heavy atom. The fourth-order valence-corrected chi connectivity index (χ4v) is 6.96. The average molecular weight is 735 g/mol. The Balaban J connectivity index is 1.39. The van der Waals surface area contributed by atoms with Crippen molar-refractivity contribution < 1.29 is 18.7 Å². The topological polar surface area (TPSA) is 131 Å². The molecule has 2 amide bonds. The number of amides is 2. The van der Waals surface area contributed by atoms with Gasteiger partial charge in [0.1, 0.15) is 5.82 Å². The lowest BCUT2D eigenvalue weighted by Gasteiger charge is -2.29. The predicted octanol–water partition coefficient (Wildman–Crippen LogP) is 6.00. The summed E-state index contributed by atoms with van der Waals surface area (Å²) < 4.78 is 23.1. The highest BCUT2D eigenvalue weighted by Crippen LogP contribution is 2.33. The number of carbonyl (C=O) groups is 2. The van der Waals surface area contributed by atoms with Crippen molar-refractivity contribution in [1.29, 1.82) is 0 Å². The normalized spacial score (nSPS) is 13.4. The molecule has 0 aliphatic carbocycles. The number of nitrogens with one attached hydrogen (secondary N) is 2. The van der Waals surface area contributed by atoms with Gasteiger partial charge < -0.3 is 30.9 Å². The number of anilines is 1. The van der Waals surface area contributed by atoms with Crippen molar-refractivity contribution in [3.05, 3.63) is 112 Å². The molecule has 1 aliphatic heterocycles. The molecule has 5 aromatic rings. The van der Waals surface area contributed by atoms with Gasteiger partial charge in [0.2, 0.25) is 5.91 Å². The molecule has 4 N–H and O–H groups in total. The molecule has 11 nitrogen and oxygen atoms in total. The van der Waals surface area contributed by atoms with E-state index < -0.39 is 5.91 Å². The lowest BCUT2D eigenvalue weighted by molar-refractivity contribution is 0.0729. The molecule has 0 radical (unpaired) electrons. The van der Waals surface area contributed by atoms with Crippen molar-refractivity contribution in [3.8, 4) is 11.1 Å². The number of fused-ring (bicyclic) bond motifs is 1. The van der Waals surface area contributed by atoms with Crippen LogP contribution in [0.3, 0.4) is 0 Å². The summed E-state index contributed by atoms with van der Waals surface area (Å²) in [6.07, 6.45) is 4.17. The Bertz CT molecular complexity index is 2090. The van der Waals surface area contributed by atoms with Crippen LogP contribution in [0, 0.1) is 5.82 Å². The van der Waals surface area contributed by atoms with E-state index in [0.29, 0.717) is 43.9 Å². The first-order valence-corrected chi connectivity index (χ1v) is 18.8. The summed E-state index contributed by atoms with van der Waals surface area (Å²) in [4.78, 5) is 35.7. The lowest BCUT2D eigenvalue weighted by Crippen LogP contribution is -2.33. The molecular weight excluding hydrogens is 684 g/mol. The van der Waals surface area contributed by atoms with Crippen molar-refractivity contribution in [2.75, 3.05) is 45.7 Å². The summed E-state index contributed by atoms with van der Waals surface area (Å²) in [5.74, 6) is -1.26. The van der Waals surface area contributed by atoms with Crippen LogP contribution in [0.2, 0.25) is 0 Å². The Kier molecular flexibility index (Phi) is 12.7. The Hall–Kier alpha value is -5.17. The van der Waals surface area contributed by atoms with Crippen LogP contribution in [0.1, 0.15) is 69.8 Å². The zero-order valence-corrected chi connectivity index (χ0v) is 31.7. The third kappa shape index (κ3) is 9.12. The van der Waals surface area contributed by atoms with Gasteiger partial charge in [-0.1, -0.05) is 37.3 Å². The number of primary amides is 1. The molecule has 0 spiro atoms. The number of hydrogen-bond donors (Lipinski definition) is 3. The molecule has 3 heterocycles. The molecule has 284 valence electrons. The van der Waals surface area contributed by atoms with Crippen molar-refractivity contribution >= 4 is 28.5 Å². The first-order chi connectivity index (χ1) is 26.1. The van der Waals surface area contributed by atoms with E-state index in [-0.39, 0.29) is 36.4 Å². The van der Waals surface area contributed by atoms with Gasteiger partial charge in [0, 0.05) is 79.9 Å². The monoisotopic (exact) mass is 734 g/mol. The van der Waals surface area contributed by atoms with Gasteiger partial charge in [-0.2, -0.15) is 5.10 Å². The number of aryl methyl sites for hydroxylation is 2. The summed E-state index contributed by atoms with van der Waals surface area (Å²) >= 11 is 0. The average Bonchev–Trinajstić information content (AvgIpc) is 3.60. The highest BCUT2D eigenvalue weighted by Gasteiger charge is 2.26. The van der Waals surface area contributed by atoms with Gasteiger partial charge in [-0.25, -0.2) is 14.1 Å². The number of benzene rings is 3. The molecule has 2 aromatic heterocycles. The highest BCUT2D eigenvalue weighted by molar-refractivity contribution is 5.99. The van der Waals surface area contributed by atoms with Gasteiger partial charge in [-0.15, -0.1) is 0 Å². The minimum Gasteiger partial charge on any atom is -0.381 e. The second kappa shape index (κ2) is 17.8. The molecule has 1 fully saturated rings. The van der Waals surface area contributed by atoms with E-state index in [1.165, 1.54) is 12.1 Å². The molecule has 1 saturated heterocycles. The van der Waals surface area contributed by atoms with Crippen LogP contribution in [-0.4, -0.2) is 82.8 Å². The number of rotatable bonds is 16. The second-order valence-electron chi connectivity index (χ2n) is 14.1. The van der Waals surface area contributed by atoms with Gasteiger partial charge in [0.05, 0.1) is 23.8 Å². The summed E-state index contributed by atoms with van der Waals surface area (Å²) in [6, 6.07) is 19.5. The van der Waals surface area contributed by atoms with Crippen molar-refractivity contribution in [1.82, 2.24) is 29.9 Å². The molecule has 0 atom stereocenters. The van der Waals surface area contributed by atoms with Gasteiger partial charge in [-0.3, -0.25) is 9.59 Å². The van der Waals surface area contributed by atoms with Crippen LogP contribution in [0.15, 0.2) is 72.9 Å². The molecule has 54 heavy (non-hydrogen) atoms. The quantitative estimate of drug-likeness (QED) is 0.105. The van der Waals surface area contributed by atoms with Crippen LogP contribution < -0.4 is 16.4 Å². The summed E-state index contributed by atoms with van der Waals surface area (Å²) in [5, 5.41) is 12.8. The van der Waals surface area contributed by atoms with E-state index in [9.17, 15) is 9.59 Å². The number of hydrogen-bond acceptors (Lipinski definition) is 8. The van der Waals surface area contributed by atoms with E-state index in [1.54, 1.807) is 29.2 Å². The fraction of sp³-hybridized carbons (Fsp3) is 0.381. The molecule has 3 aromatic carbocycles. The van der Waals surface area contributed by atoms with Gasteiger partial charge in [-0.05, 0) is 93.4 Å². The maximum atomic E-state index is 15.6. The third-order valence-corrected chi connectivity index (χ3v) is 9.91. The third-order valence-electron chi connectivity index (χ3n) is 9.91. The number of aromatic nitrogens is 3. The van der Waals surface area contributed by atoms with Crippen molar-refractivity contribution in [2.45, 2.75) is 65.3 Å². The SMILES string of the molecule is CCc1nc2c(cnn2CC)c(NC2CCOCC2)c1CN(Cc1ccc(F)c(-c2cccc(CNCCN(C)C)c2)c1)C(=O)c1cccc(C(N)=O)c1. The maximum Gasteiger partial charge on any atom is 0.254 e. The van der Waals surface area contributed by atoms with E-state index >= 15 is 4.39 Å². The fourth-order valence-electron chi connectivity index (χ4n) is 6.96. The van der Waals surface area contributed by atoms with E-state index in [1.807, 2.05) is 62.2 Å². The van der Waals surface area contributed by atoms with Gasteiger partial charge in [0.25, 0.3) is 5.91 Å². The largest absolute Gasteiger partial charge is 0.381 e. The van der Waals surface area contributed by atoms with Gasteiger partial charge >= 0.3 is 0 Å². The van der Waals surface area contributed by atoms with Crippen molar-refractivity contribution in [2.24, 2.45) is 5.73 Å². The number of nitrogens with zero attached hydrogens (tertiary/aromatic N) is 5. The van der Waals surface area contributed by atoms with Crippen LogP contribution >= 0.6 is 0 Å². The number of ether oxygens (including phenoxy) is 1. The number of pyridine rings is 1. The number of halogens is 1. The van der Waals surface area contributed by atoms with Gasteiger partial charge in [0.15, 0.2) is 5.65 Å². The first kappa shape index (κ1) is 38.6. The standard InChI is InChI=1S/C42H51FN8O3/c1-5-38-36(39(47-33-15-19-54-20-16-33)35-25-46-51(6-2)41(35)48-38)27-50(42(53)32-12-8-11-31(23-32)40(44)52)26-29-13-14-37(43)34(22-29)30-10-7-9-28(21-30)24-45-17-18-49(3)4/h7-14,21-23,25,33,45H,5-6,15-20,24,26-27H2,1-4H3,(H2,44,52)(H,47,48). The molecule has 1 aliphatic rings. The zero-order chi connectivity index (χ0) is 38.2. The van der Waals surface area contributed by atoms with E-state index in [4.69, 9.17) is 15.5 Å². The molecule has 0 unspecified atom stereocenters. The summed E-state index contributed by atoms with van der Waals surface area (Å²) in [5.41, 5.74) is 12.6. The lowest BCUT2D eigenvalue weighted by atomic mass is 9.99. The number of nitrogens with two attached hydrogens (primary N) is 1. The molecule has 0 saturated carbocycles. The second-order valence-corrected chi connectivity index (χ2v) is 14.1. The minimum atomic E-state index is -0.617. The smallest absolute Gasteiger partial charge is 0.254 e. The summed E-state index contributed by atoms with van der Waals surface area (Å²) in [7, 11) is 4.07. The highest BCUT2D eigenvalue weighted by atomic mass is 19.1. The number of likely N-dealkylation sites (N-methyl/N-ethyl adjacent to an activating group) is 1. The maximum absolute atomic E-state index is 15.6. The molecule has 12 heteroatoms. The van der Waals surface area contributed by atoms with E-state index in [0.717, 1.165) is 70.6 Å². The Labute approximate surface area is 316 Å². The zero-order valence-electron chi connectivity index (χ0n) is 31.7. The molecule has 6 rings (SSSR count). The van der Waals surface area contributed by atoms with Crippen LogP contribution in [-0.2, 0) is 37.3 Å². The van der Waals surface area contributed by atoms with Crippen LogP contribution in [0.25, 0.3) is 22.2 Å². The van der Waals surface area contributed by atoms with E-state index in [2.05, 4.69) is 27.6 Å². The summed E-state index contributed by atoms with van der Waals surface area (Å²) in [6.45, 7) is 8.88. The minimum absolute atomic E-state index is 0.171. The molecule has 0 bridgehead atoms.